The average Bonchev–Trinajstić information content (AvgIpc) is 2.72. The van der Waals surface area contributed by atoms with E-state index in [2.05, 4.69) is 5.32 Å². The van der Waals surface area contributed by atoms with E-state index in [1.165, 1.54) is 0 Å². The number of benzene rings is 1. The molecule has 0 aromatic heterocycles. The normalized spacial score (nSPS) is 16.2. The van der Waals surface area contributed by atoms with Crippen LogP contribution in [0.25, 0.3) is 0 Å². The van der Waals surface area contributed by atoms with Gasteiger partial charge in [0.05, 0.1) is 19.8 Å². The highest BCUT2D eigenvalue weighted by Crippen LogP contribution is 2.28. The van der Waals surface area contributed by atoms with Gasteiger partial charge in [-0.3, -0.25) is 14.4 Å². The minimum atomic E-state index is -0.343. The number of amides is 3. The Bertz CT molecular complexity index is 722. The Kier molecular flexibility index (Phi) is 8.76. The number of carbonyl (C=O) groups excluding carboxylic acids is 3. The summed E-state index contributed by atoms with van der Waals surface area (Å²) >= 11 is 0. The first kappa shape index (κ1) is 22.5. The number of rotatable bonds is 10. The van der Waals surface area contributed by atoms with Gasteiger partial charge in [0, 0.05) is 25.1 Å². The maximum atomic E-state index is 12.5. The summed E-state index contributed by atoms with van der Waals surface area (Å²) in [4.78, 5) is 37.7. The molecule has 0 saturated carbocycles. The first-order valence-electron chi connectivity index (χ1n) is 10.2. The first-order chi connectivity index (χ1) is 13.9. The zero-order valence-corrected chi connectivity index (χ0v) is 17.2. The fourth-order valence-electron chi connectivity index (χ4n) is 3.44. The van der Waals surface area contributed by atoms with E-state index >= 15 is 0 Å². The van der Waals surface area contributed by atoms with Crippen molar-refractivity contribution < 1.29 is 23.9 Å². The van der Waals surface area contributed by atoms with Crippen molar-refractivity contribution in [3.63, 3.8) is 0 Å². The number of carbonyl (C=O) groups is 3. The topological polar surface area (TPSA) is 111 Å². The predicted molar refractivity (Wildman–Crippen MR) is 109 cm³/mol. The molecule has 29 heavy (non-hydrogen) atoms. The summed E-state index contributed by atoms with van der Waals surface area (Å²) in [6.07, 6.45) is 2.90. The molecule has 1 atom stereocenters. The van der Waals surface area contributed by atoms with Gasteiger partial charge in [0.1, 0.15) is 0 Å². The van der Waals surface area contributed by atoms with Crippen molar-refractivity contribution in [2.45, 2.75) is 39.5 Å². The molecule has 0 bridgehead atoms. The van der Waals surface area contributed by atoms with Gasteiger partial charge in [-0.05, 0) is 57.2 Å². The number of hydrogen-bond donors (Lipinski definition) is 2. The van der Waals surface area contributed by atoms with Crippen LogP contribution in [0.5, 0.6) is 11.5 Å². The minimum Gasteiger partial charge on any atom is -0.490 e. The lowest BCUT2D eigenvalue weighted by molar-refractivity contribution is -0.131. The molecule has 8 heteroatoms. The predicted octanol–water partition coefficient (Wildman–Crippen LogP) is 1.72. The Hall–Kier alpha value is -2.77. The molecule has 3 amide bonds. The summed E-state index contributed by atoms with van der Waals surface area (Å²) < 4.78 is 11.0. The molecular weight excluding hydrogens is 374 g/mol. The number of hydrogen-bond acceptors (Lipinski definition) is 5. The van der Waals surface area contributed by atoms with Crippen molar-refractivity contribution in [1.82, 2.24) is 10.2 Å². The van der Waals surface area contributed by atoms with E-state index < -0.39 is 0 Å². The van der Waals surface area contributed by atoms with Crippen molar-refractivity contribution >= 4 is 17.7 Å². The molecule has 2 rings (SSSR count). The molecule has 0 spiro atoms. The number of likely N-dealkylation sites (tertiary alicyclic amines) is 1. The molecule has 0 aliphatic carbocycles. The fourth-order valence-corrected chi connectivity index (χ4v) is 3.44. The van der Waals surface area contributed by atoms with Crippen LogP contribution in [-0.2, 0) is 9.59 Å². The maximum absolute atomic E-state index is 12.5. The van der Waals surface area contributed by atoms with Crippen LogP contribution in [0.1, 0.15) is 49.9 Å². The quantitative estimate of drug-likeness (QED) is 0.616. The molecule has 1 heterocycles. The van der Waals surface area contributed by atoms with Gasteiger partial charge in [-0.25, -0.2) is 0 Å². The van der Waals surface area contributed by atoms with Gasteiger partial charge >= 0.3 is 0 Å². The molecule has 1 fully saturated rings. The second-order valence-corrected chi connectivity index (χ2v) is 7.06. The van der Waals surface area contributed by atoms with E-state index in [1.807, 2.05) is 13.8 Å². The smallest absolute Gasteiger partial charge is 0.251 e. The lowest BCUT2D eigenvalue weighted by atomic mass is 9.93. The van der Waals surface area contributed by atoms with Crippen LogP contribution >= 0.6 is 0 Å². The summed E-state index contributed by atoms with van der Waals surface area (Å²) in [6, 6.07) is 4.96. The Balaban J connectivity index is 1.90. The van der Waals surface area contributed by atoms with E-state index in [1.54, 1.807) is 23.1 Å². The zero-order valence-electron chi connectivity index (χ0n) is 17.2. The SMILES string of the molecule is CCOc1ccc(C(=O)NCC(=O)N2CCCC(CCC(N)=O)C2)cc1OCC. The molecule has 0 radical (unpaired) electrons. The summed E-state index contributed by atoms with van der Waals surface area (Å²) in [5.74, 6) is 0.569. The van der Waals surface area contributed by atoms with Gasteiger partial charge in [0.2, 0.25) is 11.8 Å². The summed E-state index contributed by atoms with van der Waals surface area (Å²) in [6.45, 7) is 5.88. The third kappa shape index (κ3) is 6.96. The highest BCUT2D eigenvalue weighted by Gasteiger charge is 2.24. The lowest BCUT2D eigenvalue weighted by Gasteiger charge is -2.32. The molecule has 1 aliphatic heterocycles. The van der Waals surface area contributed by atoms with E-state index in [4.69, 9.17) is 15.2 Å². The highest BCUT2D eigenvalue weighted by atomic mass is 16.5. The van der Waals surface area contributed by atoms with Gasteiger partial charge < -0.3 is 25.4 Å². The molecule has 1 saturated heterocycles. The number of ether oxygens (including phenoxy) is 2. The monoisotopic (exact) mass is 405 g/mol. The van der Waals surface area contributed by atoms with Crippen LogP contribution in [0, 0.1) is 5.92 Å². The van der Waals surface area contributed by atoms with Crippen molar-refractivity contribution in [1.29, 1.82) is 0 Å². The standard InChI is InChI=1S/C21H31N3O5/c1-3-28-17-9-8-16(12-18(17)29-4-2)21(27)23-13-20(26)24-11-5-6-15(14-24)7-10-19(22)25/h8-9,12,15H,3-7,10-11,13-14H2,1-2H3,(H2,22,25)(H,23,27). The first-order valence-corrected chi connectivity index (χ1v) is 10.2. The molecule has 160 valence electrons. The fraction of sp³-hybridized carbons (Fsp3) is 0.571. The highest BCUT2D eigenvalue weighted by molar-refractivity contribution is 5.97. The Morgan fingerprint density at radius 3 is 2.59 bits per heavy atom. The number of primary amides is 1. The Morgan fingerprint density at radius 1 is 1.17 bits per heavy atom. The number of nitrogens with two attached hydrogens (primary N) is 1. The summed E-state index contributed by atoms with van der Waals surface area (Å²) in [5.41, 5.74) is 5.62. The minimum absolute atomic E-state index is 0.0709. The van der Waals surface area contributed by atoms with Gasteiger partial charge in [0.25, 0.3) is 5.91 Å². The Labute approximate surface area is 171 Å². The molecule has 8 nitrogen and oxygen atoms in total. The zero-order chi connectivity index (χ0) is 21.2. The van der Waals surface area contributed by atoms with Gasteiger partial charge in [-0.15, -0.1) is 0 Å². The molecule has 1 aromatic carbocycles. The third-order valence-corrected chi connectivity index (χ3v) is 4.88. The average molecular weight is 405 g/mol. The lowest BCUT2D eigenvalue weighted by Crippen LogP contribution is -2.45. The van der Waals surface area contributed by atoms with Crippen LogP contribution < -0.4 is 20.5 Å². The van der Waals surface area contributed by atoms with E-state index in [-0.39, 0.29) is 30.2 Å². The molecule has 1 unspecified atom stereocenters. The van der Waals surface area contributed by atoms with Crippen LogP contribution in [0.2, 0.25) is 0 Å². The van der Waals surface area contributed by atoms with Crippen molar-refractivity contribution in [3.05, 3.63) is 23.8 Å². The van der Waals surface area contributed by atoms with Crippen molar-refractivity contribution in [3.8, 4) is 11.5 Å². The van der Waals surface area contributed by atoms with E-state index in [0.717, 1.165) is 12.8 Å². The third-order valence-electron chi connectivity index (χ3n) is 4.88. The van der Waals surface area contributed by atoms with Crippen LogP contribution in [-0.4, -0.2) is 55.5 Å². The van der Waals surface area contributed by atoms with Gasteiger partial charge in [0.15, 0.2) is 11.5 Å². The number of nitrogens with zero attached hydrogens (tertiary/aromatic N) is 1. The second kappa shape index (κ2) is 11.3. The maximum Gasteiger partial charge on any atom is 0.251 e. The van der Waals surface area contributed by atoms with Crippen LogP contribution in [0.3, 0.4) is 0 Å². The van der Waals surface area contributed by atoms with Crippen molar-refractivity contribution in [2.75, 3.05) is 32.8 Å². The summed E-state index contributed by atoms with van der Waals surface area (Å²) in [5, 5.41) is 2.68. The summed E-state index contributed by atoms with van der Waals surface area (Å²) in [7, 11) is 0. The molecular formula is C21H31N3O5. The van der Waals surface area contributed by atoms with Crippen molar-refractivity contribution in [2.24, 2.45) is 11.7 Å². The number of piperidine rings is 1. The van der Waals surface area contributed by atoms with Gasteiger partial charge in [-0.1, -0.05) is 0 Å². The van der Waals surface area contributed by atoms with Crippen LogP contribution in [0.15, 0.2) is 18.2 Å². The molecule has 3 N–H and O–H groups in total. The number of nitrogens with one attached hydrogen (secondary N) is 1. The molecule has 1 aromatic rings. The van der Waals surface area contributed by atoms with E-state index in [0.29, 0.717) is 56.2 Å². The van der Waals surface area contributed by atoms with Crippen LogP contribution in [0.4, 0.5) is 0 Å². The molecule has 1 aliphatic rings. The largest absolute Gasteiger partial charge is 0.490 e. The van der Waals surface area contributed by atoms with E-state index in [9.17, 15) is 14.4 Å². The van der Waals surface area contributed by atoms with Gasteiger partial charge in [-0.2, -0.15) is 0 Å². The second-order valence-electron chi connectivity index (χ2n) is 7.06. The Morgan fingerprint density at radius 2 is 1.90 bits per heavy atom.